The van der Waals surface area contributed by atoms with E-state index in [0.717, 1.165) is 42.0 Å². The number of carbonyl (C=O) groups is 1. The van der Waals surface area contributed by atoms with E-state index in [0.29, 0.717) is 18.0 Å². The molecule has 4 rings (SSSR count). The van der Waals surface area contributed by atoms with E-state index in [4.69, 9.17) is 4.98 Å². The molecular weight excluding hydrogens is 365 g/mol. The highest BCUT2D eigenvalue weighted by Crippen LogP contribution is 2.35. The maximum absolute atomic E-state index is 13.2. The normalized spacial score (nSPS) is 16.9. The molecule has 0 radical (unpaired) electrons. The van der Waals surface area contributed by atoms with Crippen molar-refractivity contribution in [1.29, 1.82) is 0 Å². The fourth-order valence-corrected chi connectivity index (χ4v) is 4.29. The van der Waals surface area contributed by atoms with Crippen LogP contribution in [0.25, 0.3) is 0 Å². The van der Waals surface area contributed by atoms with Crippen molar-refractivity contribution in [3.63, 3.8) is 0 Å². The van der Waals surface area contributed by atoms with Gasteiger partial charge in [-0.25, -0.2) is 9.37 Å². The summed E-state index contributed by atoms with van der Waals surface area (Å²) in [7, 11) is 0. The molecule has 29 heavy (non-hydrogen) atoms. The van der Waals surface area contributed by atoms with Crippen LogP contribution >= 0.6 is 0 Å². The van der Waals surface area contributed by atoms with Crippen molar-refractivity contribution < 1.29 is 9.18 Å². The maximum Gasteiger partial charge on any atom is 0.225 e. The number of halogens is 1. The lowest BCUT2D eigenvalue weighted by Gasteiger charge is -2.26. The van der Waals surface area contributed by atoms with Crippen LogP contribution in [0.3, 0.4) is 0 Å². The first-order valence-electron chi connectivity index (χ1n) is 10.2. The Bertz CT molecular complexity index is 1010. The highest BCUT2D eigenvalue weighted by Gasteiger charge is 2.28. The van der Waals surface area contributed by atoms with Crippen molar-refractivity contribution in [1.82, 2.24) is 9.55 Å². The summed E-state index contributed by atoms with van der Waals surface area (Å²) >= 11 is 0. The second-order valence-electron chi connectivity index (χ2n) is 7.90. The van der Waals surface area contributed by atoms with Crippen molar-refractivity contribution >= 4 is 11.6 Å². The zero-order chi connectivity index (χ0) is 20.4. The number of nitrogens with one attached hydrogen (secondary N) is 1. The van der Waals surface area contributed by atoms with E-state index in [1.807, 2.05) is 18.3 Å². The first kappa shape index (κ1) is 19.4. The summed E-state index contributed by atoms with van der Waals surface area (Å²) in [5, 5.41) is 2.90. The Hall–Kier alpha value is -2.95. The summed E-state index contributed by atoms with van der Waals surface area (Å²) in [6.07, 6.45) is 4.53. The topological polar surface area (TPSA) is 46.9 Å². The molecule has 2 aromatic carbocycles. The molecule has 0 bridgehead atoms. The monoisotopic (exact) mass is 391 g/mol. The van der Waals surface area contributed by atoms with E-state index in [2.05, 4.69) is 35.9 Å². The molecule has 1 aliphatic heterocycles. The number of amides is 1. The number of imidazole rings is 1. The van der Waals surface area contributed by atoms with Crippen LogP contribution in [-0.2, 0) is 11.3 Å². The molecule has 5 heteroatoms. The van der Waals surface area contributed by atoms with Gasteiger partial charge in [0.15, 0.2) is 0 Å². The number of anilines is 1. The zero-order valence-electron chi connectivity index (χ0n) is 16.9. The third-order valence-electron chi connectivity index (χ3n) is 5.82. The number of aromatic nitrogens is 2. The van der Waals surface area contributed by atoms with Gasteiger partial charge in [-0.1, -0.05) is 31.2 Å². The van der Waals surface area contributed by atoms with E-state index >= 15 is 0 Å². The zero-order valence-corrected chi connectivity index (χ0v) is 16.9. The standard InChI is InChI=1S/C24H26FN3O/c1-16-6-3-4-8-20(16)21(14-23(29)27-19-11-9-18(25)10-12-19)22-15-26-24-17(2)7-5-13-28(22)24/h3-4,6,8-12,15,17,21H,5,7,13-14H2,1-2H3,(H,27,29). The smallest absolute Gasteiger partial charge is 0.225 e. The summed E-state index contributed by atoms with van der Waals surface area (Å²) in [5.74, 6) is 1.06. The largest absolute Gasteiger partial charge is 0.331 e. The molecule has 1 amide bonds. The number of fused-ring (bicyclic) bond motifs is 1. The van der Waals surface area contributed by atoms with Gasteiger partial charge < -0.3 is 9.88 Å². The number of rotatable bonds is 5. The Morgan fingerprint density at radius 2 is 2.00 bits per heavy atom. The van der Waals surface area contributed by atoms with Crippen molar-refractivity contribution in [2.24, 2.45) is 0 Å². The predicted octanol–water partition coefficient (Wildman–Crippen LogP) is 5.39. The molecule has 1 aliphatic rings. The third kappa shape index (κ3) is 4.09. The first-order chi connectivity index (χ1) is 14.0. The number of nitrogens with zero attached hydrogens (tertiary/aromatic N) is 2. The lowest BCUT2D eigenvalue weighted by molar-refractivity contribution is -0.116. The molecule has 0 saturated heterocycles. The minimum Gasteiger partial charge on any atom is -0.331 e. The van der Waals surface area contributed by atoms with Crippen LogP contribution in [0.2, 0.25) is 0 Å². The molecule has 0 fully saturated rings. The van der Waals surface area contributed by atoms with Crippen molar-refractivity contribution in [3.8, 4) is 0 Å². The second-order valence-corrected chi connectivity index (χ2v) is 7.90. The molecule has 0 aliphatic carbocycles. The summed E-state index contributed by atoms with van der Waals surface area (Å²) in [5.41, 5.74) is 3.99. The number of hydrogen-bond acceptors (Lipinski definition) is 2. The summed E-state index contributed by atoms with van der Waals surface area (Å²) in [6.45, 7) is 5.24. The number of aryl methyl sites for hydroxylation is 1. The number of benzene rings is 2. The van der Waals surface area contributed by atoms with E-state index in [1.165, 1.54) is 12.1 Å². The molecule has 2 unspecified atom stereocenters. The second kappa shape index (κ2) is 8.19. The molecule has 150 valence electrons. The number of hydrogen-bond donors (Lipinski definition) is 1. The van der Waals surface area contributed by atoms with Gasteiger partial charge in [0.1, 0.15) is 11.6 Å². The van der Waals surface area contributed by atoms with Crippen molar-refractivity contribution in [2.45, 2.75) is 51.5 Å². The lowest BCUT2D eigenvalue weighted by Crippen LogP contribution is -2.22. The van der Waals surface area contributed by atoms with Crippen LogP contribution in [-0.4, -0.2) is 15.5 Å². The highest BCUT2D eigenvalue weighted by atomic mass is 19.1. The van der Waals surface area contributed by atoms with Crippen LogP contribution in [0.1, 0.15) is 60.7 Å². The van der Waals surface area contributed by atoms with Crippen LogP contribution in [0.15, 0.2) is 54.7 Å². The van der Waals surface area contributed by atoms with Crippen molar-refractivity contribution in [2.75, 3.05) is 5.32 Å². The van der Waals surface area contributed by atoms with Gasteiger partial charge in [-0.15, -0.1) is 0 Å². The highest BCUT2D eigenvalue weighted by molar-refractivity contribution is 5.91. The molecule has 2 heterocycles. The molecule has 1 aromatic heterocycles. The van der Waals surface area contributed by atoms with Gasteiger partial charge in [-0.05, 0) is 55.2 Å². The average Bonchev–Trinajstić information content (AvgIpc) is 3.14. The molecule has 0 spiro atoms. The Morgan fingerprint density at radius 3 is 2.76 bits per heavy atom. The third-order valence-corrected chi connectivity index (χ3v) is 5.82. The Kier molecular flexibility index (Phi) is 5.47. The minimum absolute atomic E-state index is 0.0804. The van der Waals surface area contributed by atoms with E-state index in [1.54, 1.807) is 12.1 Å². The SMILES string of the molecule is Cc1ccccc1C(CC(=O)Nc1ccc(F)cc1)c1cnc2n1CCCC2C. The first-order valence-corrected chi connectivity index (χ1v) is 10.2. The van der Waals surface area contributed by atoms with E-state index in [-0.39, 0.29) is 17.6 Å². The quantitative estimate of drug-likeness (QED) is 0.634. The fraction of sp³-hybridized carbons (Fsp3) is 0.333. The molecular formula is C24H26FN3O. The Morgan fingerprint density at radius 1 is 1.24 bits per heavy atom. The predicted molar refractivity (Wildman–Crippen MR) is 113 cm³/mol. The Labute approximate surface area is 170 Å². The summed E-state index contributed by atoms with van der Waals surface area (Å²) in [4.78, 5) is 17.6. The van der Waals surface area contributed by atoms with E-state index in [9.17, 15) is 9.18 Å². The van der Waals surface area contributed by atoms with Gasteiger partial charge in [-0.3, -0.25) is 4.79 Å². The minimum atomic E-state index is -0.319. The molecule has 4 nitrogen and oxygen atoms in total. The van der Waals surface area contributed by atoms with Crippen LogP contribution in [0, 0.1) is 12.7 Å². The molecule has 1 N–H and O–H groups in total. The molecule has 3 aromatic rings. The van der Waals surface area contributed by atoms with Gasteiger partial charge in [0.05, 0.1) is 0 Å². The Balaban J connectivity index is 1.66. The molecule has 0 saturated carbocycles. The summed E-state index contributed by atoms with van der Waals surface area (Å²) < 4.78 is 15.5. The van der Waals surface area contributed by atoms with Gasteiger partial charge in [0.25, 0.3) is 0 Å². The van der Waals surface area contributed by atoms with Gasteiger partial charge in [0.2, 0.25) is 5.91 Å². The fourth-order valence-electron chi connectivity index (χ4n) is 4.29. The van der Waals surface area contributed by atoms with Gasteiger partial charge >= 0.3 is 0 Å². The van der Waals surface area contributed by atoms with Gasteiger partial charge in [0, 0.05) is 42.4 Å². The number of carbonyl (C=O) groups excluding carboxylic acids is 1. The lowest BCUT2D eigenvalue weighted by atomic mass is 9.88. The van der Waals surface area contributed by atoms with Crippen LogP contribution in [0.4, 0.5) is 10.1 Å². The van der Waals surface area contributed by atoms with Gasteiger partial charge in [-0.2, -0.15) is 0 Å². The van der Waals surface area contributed by atoms with Crippen LogP contribution in [0.5, 0.6) is 0 Å². The van der Waals surface area contributed by atoms with E-state index < -0.39 is 0 Å². The summed E-state index contributed by atoms with van der Waals surface area (Å²) in [6, 6.07) is 14.1. The van der Waals surface area contributed by atoms with Crippen molar-refractivity contribution in [3.05, 3.63) is 83.2 Å². The maximum atomic E-state index is 13.2. The molecule has 2 atom stereocenters. The average molecular weight is 391 g/mol. The van der Waals surface area contributed by atoms with Crippen LogP contribution < -0.4 is 5.32 Å².